The lowest BCUT2D eigenvalue weighted by Gasteiger charge is -2.49. The Labute approximate surface area is 127 Å². The summed E-state index contributed by atoms with van der Waals surface area (Å²) in [6, 6.07) is 4.69. The molecule has 1 aromatic heterocycles. The summed E-state index contributed by atoms with van der Waals surface area (Å²) in [7, 11) is 1.70. The van der Waals surface area contributed by atoms with Crippen molar-refractivity contribution in [2.24, 2.45) is 0 Å². The van der Waals surface area contributed by atoms with Gasteiger partial charge in [0.25, 0.3) is 0 Å². The zero-order valence-electron chi connectivity index (χ0n) is 13.3. The fourth-order valence-electron chi connectivity index (χ4n) is 3.82. The smallest absolute Gasteiger partial charge is 0.217 e. The molecule has 1 aromatic rings. The molecule has 0 radical (unpaired) electrons. The zero-order valence-corrected chi connectivity index (χ0v) is 13.3. The van der Waals surface area contributed by atoms with Crippen molar-refractivity contribution in [3.63, 3.8) is 0 Å². The van der Waals surface area contributed by atoms with Gasteiger partial charge in [-0.15, -0.1) is 0 Å². The number of aromatic nitrogens is 1. The molecule has 116 valence electrons. The highest BCUT2D eigenvalue weighted by Gasteiger charge is 2.38. The van der Waals surface area contributed by atoms with Crippen molar-refractivity contribution in [3.8, 4) is 5.88 Å². The molecule has 1 spiro atoms. The number of nitrogens with zero attached hydrogens (tertiary/aromatic N) is 2. The van der Waals surface area contributed by atoms with Gasteiger partial charge in [0.05, 0.1) is 7.11 Å². The van der Waals surface area contributed by atoms with Crippen LogP contribution >= 0.6 is 0 Å². The van der Waals surface area contributed by atoms with E-state index in [1.54, 1.807) is 13.3 Å². The average molecular weight is 289 g/mol. The molecule has 4 heteroatoms. The summed E-state index contributed by atoms with van der Waals surface area (Å²) < 4.78 is 5.41. The van der Waals surface area contributed by atoms with Crippen molar-refractivity contribution in [1.82, 2.24) is 15.2 Å². The van der Waals surface area contributed by atoms with E-state index in [1.165, 1.54) is 37.7 Å². The van der Waals surface area contributed by atoms with E-state index in [4.69, 9.17) is 4.74 Å². The molecule has 0 amide bonds. The van der Waals surface area contributed by atoms with E-state index in [2.05, 4.69) is 28.2 Å². The van der Waals surface area contributed by atoms with Crippen LogP contribution in [0.4, 0.5) is 0 Å². The van der Waals surface area contributed by atoms with Crippen LogP contribution < -0.4 is 10.1 Å². The first-order chi connectivity index (χ1) is 10.2. The number of pyridine rings is 1. The highest BCUT2D eigenvalue weighted by atomic mass is 16.5. The molecule has 1 N–H and O–H groups in total. The van der Waals surface area contributed by atoms with Crippen LogP contribution in [-0.4, -0.2) is 41.7 Å². The van der Waals surface area contributed by atoms with Gasteiger partial charge in [-0.05, 0) is 25.8 Å². The van der Waals surface area contributed by atoms with E-state index in [9.17, 15) is 0 Å². The molecule has 1 aliphatic heterocycles. The number of hydrogen-bond donors (Lipinski definition) is 1. The number of methoxy groups -OCH3 is 1. The largest absolute Gasteiger partial charge is 0.481 e. The predicted octanol–water partition coefficient (Wildman–Crippen LogP) is 2.59. The summed E-state index contributed by atoms with van der Waals surface area (Å²) in [5, 5.41) is 3.84. The molecule has 1 aliphatic carbocycles. The van der Waals surface area contributed by atoms with E-state index in [1.807, 2.05) is 6.07 Å². The normalized spacial score (nSPS) is 25.9. The quantitative estimate of drug-likeness (QED) is 0.928. The van der Waals surface area contributed by atoms with Crippen molar-refractivity contribution in [1.29, 1.82) is 0 Å². The Morgan fingerprint density at radius 2 is 2.19 bits per heavy atom. The Morgan fingerprint density at radius 3 is 2.95 bits per heavy atom. The summed E-state index contributed by atoms with van der Waals surface area (Å²) in [5.74, 6) is 0.765. The zero-order chi connectivity index (χ0) is 14.7. The van der Waals surface area contributed by atoms with Crippen LogP contribution in [0.2, 0.25) is 0 Å². The number of piperazine rings is 1. The van der Waals surface area contributed by atoms with Gasteiger partial charge in [0.1, 0.15) is 0 Å². The lowest BCUT2D eigenvalue weighted by molar-refractivity contribution is 0.0566. The number of nitrogens with one attached hydrogen (secondary N) is 1. The second-order valence-corrected chi connectivity index (χ2v) is 6.65. The molecule has 1 unspecified atom stereocenters. The third-order valence-corrected chi connectivity index (χ3v) is 5.13. The Bertz CT molecular complexity index is 471. The van der Waals surface area contributed by atoms with Gasteiger partial charge < -0.3 is 10.1 Å². The summed E-state index contributed by atoms with van der Waals surface area (Å²) in [6.45, 7) is 5.47. The molecule has 0 bridgehead atoms. The first-order valence-electron chi connectivity index (χ1n) is 8.19. The average Bonchev–Trinajstić information content (AvgIpc) is 2.53. The molecule has 3 rings (SSSR count). The Kier molecular flexibility index (Phi) is 4.45. The third-order valence-electron chi connectivity index (χ3n) is 5.13. The maximum Gasteiger partial charge on any atom is 0.217 e. The second-order valence-electron chi connectivity index (χ2n) is 6.65. The van der Waals surface area contributed by atoms with E-state index in [0.717, 1.165) is 25.5 Å². The first kappa shape index (κ1) is 14.8. The number of hydrogen-bond acceptors (Lipinski definition) is 4. The number of rotatable bonds is 3. The van der Waals surface area contributed by atoms with Gasteiger partial charge >= 0.3 is 0 Å². The van der Waals surface area contributed by atoms with Crippen LogP contribution in [0.25, 0.3) is 0 Å². The first-order valence-corrected chi connectivity index (χ1v) is 8.19. The maximum absolute atomic E-state index is 5.41. The molecular weight excluding hydrogens is 262 g/mol. The predicted molar refractivity (Wildman–Crippen MR) is 84.5 cm³/mol. The Balaban J connectivity index is 1.73. The molecule has 0 aromatic carbocycles. The molecule has 1 saturated heterocycles. The van der Waals surface area contributed by atoms with Crippen LogP contribution in [0.3, 0.4) is 0 Å². The van der Waals surface area contributed by atoms with Gasteiger partial charge in [0.15, 0.2) is 0 Å². The van der Waals surface area contributed by atoms with Gasteiger partial charge in [-0.2, -0.15) is 0 Å². The minimum absolute atomic E-state index is 0.347. The van der Waals surface area contributed by atoms with Crippen LogP contribution in [0.1, 0.15) is 44.6 Å². The number of ether oxygens (including phenoxy) is 1. The molecule has 2 heterocycles. The van der Waals surface area contributed by atoms with Gasteiger partial charge in [-0.3, -0.25) is 4.90 Å². The standard InChI is InChI=1S/C17H27N3O/c1-14-11-19-17(8-4-3-5-9-17)13-20(14)12-15-7-6-10-18-16(15)21-2/h6-7,10,14,19H,3-5,8-9,11-13H2,1-2H3. The van der Waals surface area contributed by atoms with Crippen LogP contribution in [0, 0.1) is 0 Å². The molecule has 2 aliphatic rings. The molecule has 2 fully saturated rings. The summed E-state index contributed by atoms with van der Waals surface area (Å²) >= 11 is 0. The van der Waals surface area contributed by atoms with E-state index >= 15 is 0 Å². The Morgan fingerprint density at radius 1 is 1.38 bits per heavy atom. The van der Waals surface area contributed by atoms with E-state index < -0.39 is 0 Å². The van der Waals surface area contributed by atoms with Crippen LogP contribution in [0.5, 0.6) is 5.88 Å². The van der Waals surface area contributed by atoms with Gasteiger partial charge in [-0.1, -0.05) is 25.3 Å². The minimum atomic E-state index is 0.347. The molecule has 1 atom stereocenters. The van der Waals surface area contributed by atoms with Gasteiger partial charge in [-0.25, -0.2) is 4.98 Å². The van der Waals surface area contributed by atoms with Crippen molar-refractivity contribution >= 4 is 0 Å². The molecular formula is C17H27N3O. The topological polar surface area (TPSA) is 37.4 Å². The van der Waals surface area contributed by atoms with E-state index in [0.29, 0.717) is 11.6 Å². The fourth-order valence-corrected chi connectivity index (χ4v) is 3.82. The highest BCUT2D eigenvalue weighted by Crippen LogP contribution is 2.32. The fraction of sp³-hybridized carbons (Fsp3) is 0.706. The molecule has 1 saturated carbocycles. The maximum atomic E-state index is 5.41. The summed E-state index contributed by atoms with van der Waals surface area (Å²) in [5.41, 5.74) is 1.54. The van der Waals surface area contributed by atoms with E-state index in [-0.39, 0.29) is 0 Å². The molecule has 21 heavy (non-hydrogen) atoms. The lowest BCUT2D eigenvalue weighted by Crippen LogP contribution is -2.63. The van der Waals surface area contributed by atoms with Gasteiger partial charge in [0, 0.05) is 43.0 Å². The van der Waals surface area contributed by atoms with Crippen molar-refractivity contribution < 1.29 is 4.74 Å². The summed E-state index contributed by atoms with van der Waals surface area (Å²) in [4.78, 5) is 6.93. The molecule has 4 nitrogen and oxygen atoms in total. The third kappa shape index (κ3) is 3.22. The summed E-state index contributed by atoms with van der Waals surface area (Å²) in [6.07, 6.45) is 8.57. The highest BCUT2D eigenvalue weighted by molar-refractivity contribution is 5.25. The van der Waals surface area contributed by atoms with Crippen molar-refractivity contribution in [3.05, 3.63) is 23.9 Å². The second kappa shape index (κ2) is 6.32. The Hall–Kier alpha value is -1.13. The van der Waals surface area contributed by atoms with Crippen molar-refractivity contribution in [2.75, 3.05) is 20.2 Å². The lowest BCUT2D eigenvalue weighted by atomic mass is 9.79. The van der Waals surface area contributed by atoms with Crippen LogP contribution in [0.15, 0.2) is 18.3 Å². The van der Waals surface area contributed by atoms with Crippen molar-refractivity contribution in [2.45, 2.75) is 57.2 Å². The SMILES string of the molecule is COc1ncccc1CN1CC2(CCCCC2)NCC1C. The monoisotopic (exact) mass is 289 g/mol. The minimum Gasteiger partial charge on any atom is -0.481 e. The van der Waals surface area contributed by atoms with Crippen LogP contribution in [-0.2, 0) is 6.54 Å². The van der Waals surface area contributed by atoms with Gasteiger partial charge in [0.2, 0.25) is 5.88 Å².